The van der Waals surface area contributed by atoms with Gasteiger partial charge in [0.1, 0.15) is 5.75 Å². The molecule has 4 rings (SSSR count). The van der Waals surface area contributed by atoms with Gasteiger partial charge in [-0.05, 0) is 78.2 Å². The van der Waals surface area contributed by atoms with Gasteiger partial charge in [0.05, 0.1) is 6.04 Å². The molecule has 1 aliphatic carbocycles. The second-order valence-corrected chi connectivity index (χ2v) is 6.94. The Kier molecular flexibility index (Phi) is 4.77. The van der Waals surface area contributed by atoms with E-state index >= 15 is 0 Å². The molecule has 1 heterocycles. The van der Waals surface area contributed by atoms with Gasteiger partial charge < -0.3 is 10.1 Å². The van der Waals surface area contributed by atoms with Crippen molar-refractivity contribution in [2.75, 3.05) is 11.9 Å². The average Bonchev–Trinajstić information content (AvgIpc) is 3.38. The van der Waals surface area contributed by atoms with E-state index in [1.54, 1.807) is 18.2 Å². The third-order valence-electron chi connectivity index (χ3n) is 4.31. The van der Waals surface area contributed by atoms with Gasteiger partial charge in [-0.15, -0.1) is 5.10 Å². The summed E-state index contributed by atoms with van der Waals surface area (Å²) in [7, 11) is 0. The summed E-state index contributed by atoms with van der Waals surface area (Å²) in [5.74, 6) is 1.15. The van der Waals surface area contributed by atoms with E-state index in [4.69, 9.17) is 16.3 Å². The molecule has 0 radical (unpaired) electrons. The minimum absolute atomic E-state index is 0.0792. The quantitative estimate of drug-likeness (QED) is 0.702. The number of ether oxygens (including phenoxy) is 1. The Morgan fingerprint density at radius 3 is 2.74 bits per heavy atom. The van der Waals surface area contributed by atoms with Crippen molar-refractivity contribution in [2.24, 2.45) is 0 Å². The number of amides is 1. The van der Waals surface area contributed by atoms with Crippen LogP contribution in [0.4, 0.5) is 5.69 Å². The van der Waals surface area contributed by atoms with Gasteiger partial charge in [0, 0.05) is 16.3 Å². The SMILES string of the molecule is Cc1cc(Cl)ccc1OCC(=O)Nc1ccc(-c2nnnn2C2CC2)cc1. The van der Waals surface area contributed by atoms with Crippen molar-refractivity contribution in [3.05, 3.63) is 53.1 Å². The van der Waals surface area contributed by atoms with Crippen molar-refractivity contribution < 1.29 is 9.53 Å². The highest BCUT2D eigenvalue weighted by molar-refractivity contribution is 6.30. The van der Waals surface area contributed by atoms with Gasteiger partial charge in [-0.2, -0.15) is 0 Å². The Morgan fingerprint density at radius 2 is 2.04 bits per heavy atom. The molecule has 0 aliphatic heterocycles. The first-order valence-electron chi connectivity index (χ1n) is 8.67. The lowest BCUT2D eigenvalue weighted by Gasteiger charge is -2.10. The van der Waals surface area contributed by atoms with Crippen molar-refractivity contribution >= 4 is 23.2 Å². The van der Waals surface area contributed by atoms with E-state index in [-0.39, 0.29) is 12.5 Å². The Bertz CT molecular complexity index is 966. The van der Waals surface area contributed by atoms with Gasteiger partial charge in [-0.3, -0.25) is 4.79 Å². The number of tetrazole rings is 1. The first-order chi connectivity index (χ1) is 13.1. The maximum Gasteiger partial charge on any atom is 0.262 e. The van der Waals surface area contributed by atoms with Crippen LogP contribution < -0.4 is 10.1 Å². The molecule has 0 saturated heterocycles. The molecule has 2 aromatic carbocycles. The molecule has 0 bridgehead atoms. The molecule has 1 aromatic heterocycles. The molecule has 1 amide bonds. The van der Waals surface area contributed by atoms with Crippen LogP contribution in [0, 0.1) is 6.92 Å². The summed E-state index contributed by atoms with van der Waals surface area (Å²) in [5.41, 5.74) is 2.48. The van der Waals surface area contributed by atoms with E-state index in [0.717, 1.165) is 29.8 Å². The second kappa shape index (κ2) is 7.36. The van der Waals surface area contributed by atoms with Crippen molar-refractivity contribution in [3.63, 3.8) is 0 Å². The molecule has 1 N–H and O–H groups in total. The van der Waals surface area contributed by atoms with Gasteiger partial charge in [0.25, 0.3) is 5.91 Å². The topological polar surface area (TPSA) is 81.9 Å². The van der Waals surface area contributed by atoms with Crippen LogP contribution in [0.5, 0.6) is 5.75 Å². The molecule has 3 aromatic rings. The predicted molar refractivity (Wildman–Crippen MR) is 102 cm³/mol. The predicted octanol–water partition coefficient (Wildman–Crippen LogP) is 3.65. The number of anilines is 1. The van der Waals surface area contributed by atoms with Crippen molar-refractivity contribution in [2.45, 2.75) is 25.8 Å². The summed E-state index contributed by atoms with van der Waals surface area (Å²) in [5, 5.41) is 15.4. The number of hydrogen-bond acceptors (Lipinski definition) is 5. The summed E-state index contributed by atoms with van der Waals surface area (Å²) in [6, 6.07) is 13.1. The molecular formula is C19H18ClN5O2. The van der Waals surface area contributed by atoms with Gasteiger partial charge >= 0.3 is 0 Å². The van der Waals surface area contributed by atoms with Crippen LogP contribution in [0.25, 0.3) is 11.4 Å². The van der Waals surface area contributed by atoms with Gasteiger partial charge in [-0.1, -0.05) is 11.6 Å². The second-order valence-electron chi connectivity index (χ2n) is 6.50. The molecule has 0 unspecified atom stereocenters. The van der Waals surface area contributed by atoms with E-state index < -0.39 is 0 Å². The summed E-state index contributed by atoms with van der Waals surface area (Å²) < 4.78 is 7.41. The number of nitrogens with one attached hydrogen (secondary N) is 1. The van der Waals surface area contributed by atoms with Crippen LogP contribution >= 0.6 is 11.6 Å². The van der Waals surface area contributed by atoms with Crippen molar-refractivity contribution in [3.8, 4) is 17.1 Å². The number of halogens is 1. The Labute approximate surface area is 161 Å². The Morgan fingerprint density at radius 1 is 1.26 bits per heavy atom. The number of carbonyl (C=O) groups is 1. The van der Waals surface area contributed by atoms with Crippen LogP contribution in [-0.4, -0.2) is 32.7 Å². The normalized spacial score (nSPS) is 13.4. The Hall–Kier alpha value is -2.93. The number of carbonyl (C=O) groups excluding carboxylic acids is 1. The van der Waals surface area contributed by atoms with E-state index in [0.29, 0.717) is 22.5 Å². The number of aryl methyl sites for hydroxylation is 1. The van der Waals surface area contributed by atoms with Crippen LogP contribution in [0.2, 0.25) is 5.02 Å². The van der Waals surface area contributed by atoms with Crippen LogP contribution in [0.3, 0.4) is 0 Å². The van der Waals surface area contributed by atoms with E-state index in [1.807, 2.05) is 35.9 Å². The molecule has 1 saturated carbocycles. The van der Waals surface area contributed by atoms with Crippen LogP contribution in [0.1, 0.15) is 24.4 Å². The molecule has 7 nitrogen and oxygen atoms in total. The molecular weight excluding hydrogens is 366 g/mol. The van der Waals surface area contributed by atoms with E-state index in [1.165, 1.54) is 0 Å². The maximum absolute atomic E-state index is 12.1. The summed E-state index contributed by atoms with van der Waals surface area (Å²) >= 11 is 5.92. The largest absolute Gasteiger partial charge is 0.483 e. The summed E-state index contributed by atoms with van der Waals surface area (Å²) in [6.07, 6.45) is 2.22. The first-order valence-corrected chi connectivity index (χ1v) is 9.05. The fourth-order valence-corrected chi connectivity index (χ4v) is 2.99. The third kappa shape index (κ3) is 4.09. The lowest BCUT2D eigenvalue weighted by molar-refractivity contribution is -0.118. The zero-order valence-electron chi connectivity index (χ0n) is 14.7. The van der Waals surface area contributed by atoms with E-state index in [2.05, 4.69) is 20.8 Å². The summed E-state index contributed by atoms with van der Waals surface area (Å²) in [6.45, 7) is 1.80. The molecule has 0 spiro atoms. The first kappa shape index (κ1) is 17.5. The van der Waals surface area contributed by atoms with Crippen molar-refractivity contribution in [1.29, 1.82) is 0 Å². The monoisotopic (exact) mass is 383 g/mol. The molecule has 27 heavy (non-hydrogen) atoms. The minimum atomic E-state index is -0.236. The standard InChI is InChI=1S/C19H18ClN5O2/c1-12-10-14(20)4-9-17(12)27-11-18(26)21-15-5-2-13(3-6-15)19-22-23-24-25(19)16-7-8-16/h2-6,9-10,16H,7-8,11H2,1H3,(H,21,26). The zero-order valence-corrected chi connectivity index (χ0v) is 15.5. The molecule has 1 fully saturated rings. The highest BCUT2D eigenvalue weighted by Gasteiger charge is 2.28. The lowest BCUT2D eigenvalue weighted by Crippen LogP contribution is -2.20. The zero-order chi connectivity index (χ0) is 18.8. The highest BCUT2D eigenvalue weighted by atomic mass is 35.5. The van der Waals surface area contributed by atoms with Gasteiger partial charge in [0.2, 0.25) is 0 Å². The fraction of sp³-hybridized carbons (Fsp3) is 0.263. The molecule has 1 aliphatic rings. The summed E-state index contributed by atoms with van der Waals surface area (Å²) in [4.78, 5) is 12.1. The van der Waals surface area contributed by atoms with Crippen LogP contribution in [-0.2, 0) is 4.79 Å². The smallest absolute Gasteiger partial charge is 0.262 e. The van der Waals surface area contributed by atoms with E-state index in [9.17, 15) is 4.79 Å². The molecule has 0 atom stereocenters. The number of nitrogens with zero attached hydrogens (tertiary/aromatic N) is 4. The van der Waals surface area contributed by atoms with Crippen molar-refractivity contribution in [1.82, 2.24) is 20.2 Å². The fourth-order valence-electron chi connectivity index (χ4n) is 2.77. The number of benzene rings is 2. The van der Waals surface area contributed by atoms with Gasteiger partial charge in [0.15, 0.2) is 12.4 Å². The lowest BCUT2D eigenvalue weighted by atomic mass is 10.2. The third-order valence-corrected chi connectivity index (χ3v) is 4.54. The van der Waals surface area contributed by atoms with Gasteiger partial charge in [-0.25, -0.2) is 4.68 Å². The Balaban J connectivity index is 1.36. The minimum Gasteiger partial charge on any atom is -0.483 e. The number of aromatic nitrogens is 4. The number of rotatable bonds is 6. The maximum atomic E-state index is 12.1. The van der Waals surface area contributed by atoms with Crippen LogP contribution in [0.15, 0.2) is 42.5 Å². The molecule has 138 valence electrons. The highest BCUT2D eigenvalue weighted by Crippen LogP contribution is 2.36. The average molecular weight is 384 g/mol. The number of hydrogen-bond donors (Lipinski definition) is 1. The molecule has 8 heteroatoms.